The molecule has 136 valence electrons. The van der Waals surface area contributed by atoms with Crippen molar-refractivity contribution in [1.29, 1.82) is 0 Å². The van der Waals surface area contributed by atoms with Gasteiger partial charge in [-0.25, -0.2) is 0 Å². The van der Waals surface area contributed by atoms with Crippen molar-refractivity contribution in [2.24, 2.45) is 0 Å². The molecule has 0 aliphatic heterocycles. The predicted octanol–water partition coefficient (Wildman–Crippen LogP) is 3.88. The second-order valence-corrected chi connectivity index (χ2v) is 5.87. The van der Waals surface area contributed by atoms with Crippen LogP contribution in [0.3, 0.4) is 0 Å². The Morgan fingerprint density at radius 1 is 0.926 bits per heavy atom. The molecule has 3 rings (SSSR count). The molecule has 0 bridgehead atoms. The van der Waals surface area contributed by atoms with Gasteiger partial charge >= 0.3 is 0 Å². The van der Waals surface area contributed by atoms with Crippen LogP contribution in [-0.2, 0) is 4.79 Å². The molecule has 0 heterocycles. The van der Waals surface area contributed by atoms with Crippen LogP contribution in [0.2, 0.25) is 0 Å². The Morgan fingerprint density at radius 2 is 1.52 bits per heavy atom. The summed E-state index contributed by atoms with van der Waals surface area (Å²) in [6.07, 6.45) is 0. The number of carbonyl (C=O) groups is 1. The molecule has 1 N–H and O–H groups in total. The Bertz CT molecular complexity index is 874. The number of ether oxygens (including phenoxy) is 1. The molecule has 0 saturated carbocycles. The highest BCUT2D eigenvalue weighted by molar-refractivity contribution is 5.78. The maximum Gasteiger partial charge on any atom is 0.273 e. The summed E-state index contributed by atoms with van der Waals surface area (Å²) >= 11 is 0. The molecule has 0 saturated heterocycles. The van der Waals surface area contributed by atoms with Gasteiger partial charge in [0.1, 0.15) is 5.75 Å². The lowest BCUT2D eigenvalue weighted by molar-refractivity contribution is -0.384. The van der Waals surface area contributed by atoms with E-state index in [1.54, 1.807) is 6.07 Å². The molecular formula is C21H18N2O4. The van der Waals surface area contributed by atoms with Crippen LogP contribution in [0.25, 0.3) is 0 Å². The number of hydrogen-bond donors (Lipinski definition) is 1. The van der Waals surface area contributed by atoms with E-state index in [1.165, 1.54) is 18.2 Å². The number of benzene rings is 3. The van der Waals surface area contributed by atoms with Crippen molar-refractivity contribution < 1.29 is 14.5 Å². The third-order valence-electron chi connectivity index (χ3n) is 3.97. The van der Waals surface area contributed by atoms with Gasteiger partial charge in [0.05, 0.1) is 17.0 Å². The molecule has 3 aromatic carbocycles. The summed E-state index contributed by atoms with van der Waals surface area (Å²) in [6, 6.07) is 24.7. The summed E-state index contributed by atoms with van der Waals surface area (Å²) in [7, 11) is 0. The van der Waals surface area contributed by atoms with Crippen LogP contribution in [0.4, 0.5) is 5.69 Å². The smallest absolute Gasteiger partial charge is 0.273 e. The van der Waals surface area contributed by atoms with Crippen LogP contribution < -0.4 is 10.1 Å². The first-order valence-corrected chi connectivity index (χ1v) is 8.40. The van der Waals surface area contributed by atoms with Gasteiger partial charge in [-0.1, -0.05) is 66.7 Å². The predicted molar refractivity (Wildman–Crippen MR) is 101 cm³/mol. The number of non-ortho nitro benzene ring substituents is 1. The Hall–Kier alpha value is -3.67. The van der Waals surface area contributed by atoms with Gasteiger partial charge in [0.25, 0.3) is 11.6 Å². The normalized spacial score (nSPS) is 10.4. The number of nitrogens with one attached hydrogen (secondary N) is 1. The van der Waals surface area contributed by atoms with Gasteiger partial charge in [-0.2, -0.15) is 0 Å². The quantitative estimate of drug-likeness (QED) is 0.511. The molecule has 0 spiro atoms. The average molecular weight is 362 g/mol. The average Bonchev–Trinajstić information content (AvgIpc) is 2.72. The number of nitro benzene ring substituents is 1. The SMILES string of the molecule is O=C(COc1cccc([N+](=O)[O-])c1)NC(c1ccccc1)c1ccccc1. The van der Waals surface area contributed by atoms with E-state index in [4.69, 9.17) is 4.74 Å². The van der Waals surface area contributed by atoms with Gasteiger partial charge in [0.2, 0.25) is 0 Å². The summed E-state index contributed by atoms with van der Waals surface area (Å²) in [5.41, 5.74) is 1.82. The first-order chi connectivity index (χ1) is 13.1. The lowest BCUT2D eigenvalue weighted by Gasteiger charge is -2.20. The standard InChI is InChI=1S/C21H18N2O4/c24-20(15-27-19-13-7-12-18(14-19)23(25)26)22-21(16-8-3-1-4-9-16)17-10-5-2-6-11-17/h1-14,21H,15H2,(H,22,24). The summed E-state index contributed by atoms with van der Waals surface area (Å²) in [5.74, 6) is -0.0467. The molecule has 6 nitrogen and oxygen atoms in total. The Kier molecular flexibility index (Phi) is 5.79. The van der Waals surface area contributed by atoms with Crippen molar-refractivity contribution in [1.82, 2.24) is 5.32 Å². The summed E-state index contributed by atoms with van der Waals surface area (Å²) in [6.45, 7) is -0.239. The molecule has 1 amide bonds. The van der Waals surface area contributed by atoms with E-state index in [-0.39, 0.29) is 30.0 Å². The number of amides is 1. The van der Waals surface area contributed by atoms with Crippen molar-refractivity contribution in [2.45, 2.75) is 6.04 Å². The summed E-state index contributed by atoms with van der Waals surface area (Å²) in [5, 5.41) is 13.8. The number of nitrogens with zero attached hydrogens (tertiary/aromatic N) is 1. The van der Waals surface area contributed by atoms with Crippen molar-refractivity contribution in [3.63, 3.8) is 0 Å². The topological polar surface area (TPSA) is 81.5 Å². The van der Waals surface area contributed by atoms with E-state index in [9.17, 15) is 14.9 Å². The fraction of sp³-hybridized carbons (Fsp3) is 0.0952. The fourth-order valence-electron chi connectivity index (χ4n) is 2.69. The molecule has 0 aliphatic carbocycles. The second kappa shape index (κ2) is 8.62. The molecular weight excluding hydrogens is 344 g/mol. The van der Waals surface area contributed by atoms with Gasteiger partial charge in [0.15, 0.2) is 6.61 Å². The number of carbonyl (C=O) groups excluding carboxylic acids is 1. The molecule has 0 fully saturated rings. The molecule has 0 aromatic heterocycles. The van der Waals surface area contributed by atoms with E-state index in [2.05, 4.69) is 5.32 Å². The van der Waals surface area contributed by atoms with E-state index in [0.29, 0.717) is 0 Å². The highest BCUT2D eigenvalue weighted by atomic mass is 16.6. The van der Waals surface area contributed by atoms with Gasteiger partial charge in [0, 0.05) is 6.07 Å². The van der Waals surface area contributed by atoms with Crippen LogP contribution in [-0.4, -0.2) is 17.4 Å². The highest BCUT2D eigenvalue weighted by Gasteiger charge is 2.17. The zero-order valence-electron chi connectivity index (χ0n) is 14.4. The molecule has 0 aliphatic rings. The van der Waals surface area contributed by atoms with E-state index in [0.717, 1.165) is 11.1 Å². The van der Waals surface area contributed by atoms with E-state index in [1.807, 2.05) is 60.7 Å². The van der Waals surface area contributed by atoms with Gasteiger partial charge in [-0.15, -0.1) is 0 Å². The first kappa shape index (κ1) is 18.1. The first-order valence-electron chi connectivity index (χ1n) is 8.40. The van der Waals surface area contributed by atoms with Crippen LogP contribution in [0.5, 0.6) is 5.75 Å². The van der Waals surface area contributed by atoms with Crippen LogP contribution in [0.15, 0.2) is 84.9 Å². The largest absolute Gasteiger partial charge is 0.484 e. The zero-order chi connectivity index (χ0) is 19.1. The lowest BCUT2D eigenvalue weighted by Crippen LogP contribution is -2.33. The van der Waals surface area contributed by atoms with E-state index >= 15 is 0 Å². The third-order valence-corrected chi connectivity index (χ3v) is 3.97. The second-order valence-electron chi connectivity index (χ2n) is 5.87. The molecule has 0 unspecified atom stereocenters. The summed E-state index contributed by atoms with van der Waals surface area (Å²) < 4.78 is 5.41. The van der Waals surface area contributed by atoms with Gasteiger partial charge in [-0.3, -0.25) is 14.9 Å². The van der Waals surface area contributed by atoms with Crippen molar-refractivity contribution in [3.8, 4) is 5.75 Å². The van der Waals surface area contributed by atoms with Gasteiger partial charge < -0.3 is 10.1 Å². The van der Waals surface area contributed by atoms with Crippen LogP contribution in [0.1, 0.15) is 17.2 Å². The Labute approximate surface area is 156 Å². The molecule has 27 heavy (non-hydrogen) atoms. The molecule has 3 aromatic rings. The molecule has 0 radical (unpaired) electrons. The van der Waals surface area contributed by atoms with E-state index < -0.39 is 4.92 Å². The number of rotatable bonds is 7. The highest BCUT2D eigenvalue weighted by Crippen LogP contribution is 2.22. The van der Waals surface area contributed by atoms with Crippen LogP contribution in [0, 0.1) is 10.1 Å². The molecule has 6 heteroatoms. The fourth-order valence-corrected chi connectivity index (χ4v) is 2.69. The lowest BCUT2D eigenvalue weighted by atomic mass is 9.99. The number of nitro groups is 1. The zero-order valence-corrected chi connectivity index (χ0v) is 14.4. The van der Waals surface area contributed by atoms with Crippen LogP contribution >= 0.6 is 0 Å². The molecule has 0 atom stereocenters. The summed E-state index contributed by atoms with van der Waals surface area (Å²) in [4.78, 5) is 22.7. The minimum atomic E-state index is -0.506. The minimum Gasteiger partial charge on any atom is -0.484 e. The Morgan fingerprint density at radius 3 is 2.07 bits per heavy atom. The Balaban J connectivity index is 1.70. The maximum atomic E-state index is 12.4. The van der Waals surface area contributed by atoms with Crippen molar-refractivity contribution in [2.75, 3.05) is 6.61 Å². The van der Waals surface area contributed by atoms with Gasteiger partial charge in [-0.05, 0) is 17.2 Å². The van der Waals surface area contributed by atoms with Crippen molar-refractivity contribution in [3.05, 3.63) is 106 Å². The monoisotopic (exact) mass is 362 g/mol. The third kappa shape index (κ3) is 4.92. The minimum absolute atomic E-state index is 0.0839. The number of hydrogen-bond acceptors (Lipinski definition) is 4. The van der Waals surface area contributed by atoms with Crippen molar-refractivity contribution >= 4 is 11.6 Å². The maximum absolute atomic E-state index is 12.4.